The van der Waals surface area contributed by atoms with Gasteiger partial charge in [-0.15, -0.1) is 0 Å². The molecule has 1 N–H and O–H groups in total. The monoisotopic (exact) mass is 460 g/mol. The first-order valence-corrected chi connectivity index (χ1v) is 11.9. The van der Waals surface area contributed by atoms with Crippen molar-refractivity contribution in [1.82, 2.24) is 15.1 Å². The number of benzene rings is 1. The van der Waals surface area contributed by atoms with Crippen molar-refractivity contribution in [2.24, 2.45) is 0 Å². The Kier molecular flexibility index (Phi) is 7.46. The van der Waals surface area contributed by atoms with E-state index in [0.29, 0.717) is 26.2 Å². The van der Waals surface area contributed by atoms with Gasteiger partial charge < -0.3 is 24.6 Å². The smallest absolute Gasteiger partial charge is 0.410 e. The SMILES string of the molecule is CNCC1Cc2c(cccc2N2CCN(C(=O)OC(C)(C)C)CC2)CN1C(=O)OC(C)(C)C. The lowest BCUT2D eigenvalue weighted by molar-refractivity contribution is 0.0121. The van der Waals surface area contributed by atoms with Gasteiger partial charge in [0.1, 0.15) is 11.2 Å². The molecule has 0 radical (unpaired) electrons. The Morgan fingerprint density at radius 3 is 2.15 bits per heavy atom. The molecule has 0 saturated carbocycles. The number of anilines is 1. The molecule has 0 bridgehead atoms. The fraction of sp³-hybridized carbons (Fsp3) is 0.680. The third-order valence-electron chi connectivity index (χ3n) is 5.81. The Bertz CT molecular complexity index is 851. The van der Waals surface area contributed by atoms with E-state index in [0.717, 1.165) is 25.1 Å². The van der Waals surface area contributed by atoms with Crippen molar-refractivity contribution in [3.63, 3.8) is 0 Å². The lowest BCUT2D eigenvalue weighted by atomic mass is 9.92. The highest BCUT2D eigenvalue weighted by atomic mass is 16.6. The van der Waals surface area contributed by atoms with Crippen molar-refractivity contribution in [3.8, 4) is 0 Å². The van der Waals surface area contributed by atoms with Gasteiger partial charge in [-0.2, -0.15) is 0 Å². The molecule has 0 aromatic heterocycles. The summed E-state index contributed by atoms with van der Waals surface area (Å²) in [6.07, 6.45) is 0.238. The normalized spacial score (nSPS) is 19.2. The molecule has 1 atom stereocenters. The summed E-state index contributed by atoms with van der Waals surface area (Å²) in [5, 5.41) is 3.23. The second-order valence-electron chi connectivity index (χ2n) is 10.9. The number of nitrogens with one attached hydrogen (secondary N) is 1. The van der Waals surface area contributed by atoms with Gasteiger partial charge in [0.15, 0.2) is 0 Å². The molecule has 3 rings (SSSR count). The number of piperazine rings is 1. The van der Waals surface area contributed by atoms with Crippen LogP contribution < -0.4 is 10.2 Å². The lowest BCUT2D eigenvalue weighted by Crippen LogP contribution is -2.52. The topological polar surface area (TPSA) is 74.4 Å². The molecule has 2 heterocycles. The zero-order valence-electron chi connectivity index (χ0n) is 21.2. The van der Waals surface area contributed by atoms with Crippen LogP contribution in [0.1, 0.15) is 52.7 Å². The minimum absolute atomic E-state index is 0.0153. The van der Waals surface area contributed by atoms with Gasteiger partial charge in [-0.3, -0.25) is 4.90 Å². The van der Waals surface area contributed by atoms with Gasteiger partial charge in [-0.25, -0.2) is 9.59 Å². The number of likely N-dealkylation sites (N-methyl/N-ethyl adjacent to an activating group) is 1. The summed E-state index contributed by atoms with van der Waals surface area (Å²) in [7, 11) is 1.91. The summed E-state index contributed by atoms with van der Waals surface area (Å²) in [6.45, 7) is 15.3. The predicted octanol–water partition coefficient (Wildman–Crippen LogP) is 3.62. The van der Waals surface area contributed by atoms with Crippen LogP contribution in [0.15, 0.2) is 18.2 Å². The zero-order valence-corrected chi connectivity index (χ0v) is 21.2. The van der Waals surface area contributed by atoms with E-state index in [2.05, 4.69) is 28.4 Å². The first-order chi connectivity index (χ1) is 15.4. The number of rotatable bonds is 3. The summed E-state index contributed by atoms with van der Waals surface area (Å²) < 4.78 is 11.2. The Labute approximate surface area is 198 Å². The Morgan fingerprint density at radius 1 is 0.970 bits per heavy atom. The van der Waals surface area contributed by atoms with Crippen LogP contribution in [-0.4, -0.2) is 79.0 Å². The average Bonchev–Trinajstić information content (AvgIpc) is 2.70. The summed E-state index contributed by atoms with van der Waals surface area (Å²) in [4.78, 5) is 31.3. The molecule has 2 aliphatic heterocycles. The van der Waals surface area contributed by atoms with E-state index in [4.69, 9.17) is 9.47 Å². The van der Waals surface area contributed by atoms with E-state index < -0.39 is 11.2 Å². The first-order valence-electron chi connectivity index (χ1n) is 11.9. The fourth-order valence-electron chi connectivity index (χ4n) is 4.37. The summed E-state index contributed by atoms with van der Waals surface area (Å²) in [5.74, 6) is 0. The van der Waals surface area contributed by atoms with Crippen molar-refractivity contribution < 1.29 is 19.1 Å². The van der Waals surface area contributed by atoms with E-state index in [1.54, 1.807) is 4.90 Å². The molecule has 0 spiro atoms. The van der Waals surface area contributed by atoms with Crippen LogP contribution in [0, 0.1) is 0 Å². The quantitative estimate of drug-likeness (QED) is 0.743. The standard InChI is InChI=1S/C25H40N4O4/c1-24(2,3)32-22(30)28-13-11-27(12-14-28)21-10-8-9-18-17-29(23(31)33-25(4,5)6)19(16-26-7)15-20(18)21/h8-10,19,26H,11-17H2,1-7H3. The minimum atomic E-state index is -0.531. The van der Waals surface area contributed by atoms with Crippen LogP contribution in [0.3, 0.4) is 0 Å². The average molecular weight is 461 g/mol. The number of nitrogens with zero attached hydrogens (tertiary/aromatic N) is 3. The van der Waals surface area contributed by atoms with Gasteiger partial charge in [0.2, 0.25) is 0 Å². The van der Waals surface area contributed by atoms with Crippen molar-refractivity contribution in [2.45, 2.75) is 71.8 Å². The highest BCUT2D eigenvalue weighted by molar-refractivity contribution is 5.71. The third-order valence-corrected chi connectivity index (χ3v) is 5.81. The highest BCUT2D eigenvalue weighted by Crippen LogP contribution is 2.33. The van der Waals surface area contributed by atoms with Crippen LogP contribution in [0.5, 0.6) is 0 Å². The largest absolute Gasteiger partial charge is 0.444 e. The van der Waals surface area contributed by atoms with Gasteiger partial charge in [0.25, 0.3) is 0 Å². The Hall–Kier alpha value is -2.48. The van der Waals surface area contributed by atoms with Crippen molar-refractivity contribution >= 4 is 17.9 Å². The first kappa shape index (κ1) is 25.1. The van der Waals surface area contributed by atoms with Crippen molar-refractivity contribution in [1.29, 1.82) is 0 Å². The van der Waals surface area contributed by atoms with Crippen molar-refractivity contribution in [3.05, 3.63) is 29.3 Å². The van der Waals surface area contributed by atoms with Crippen LogP contribution in [0.25, 0.3) is 0 Å². The summed E-state index contributed by atoms with van der Waals surface area (Å²) >= 11 is 0. The van der Waals surface area contributed by atoms with Crippen molar-refractivity contribution in [2.75, 3.05) is 44.7 Å². The number of ether oxygens (including phenoxy) is 2. The molecular formula is C25H40N4O4. The molecule has 184 valence electrons. The maximum Gasteiger partial charge on any atom is 0.410 e. The highest BCUT2D eigenvalue weighted by Gasteiger charge is 2.35. The molecule has 33 heavy (non-hydrogen) atoms. The molecule has 2 aliphatic rings. The Balaban J connectivity index is 1.75. The van der Waals surface area contributed by atoms with Gasteiger partial charge in [0.05, 0.1) is 6.04 Å². The number of amides is 2. The molecule has 1 aromatic rings. The molecule has 2 amide bonds. The van der Waals surface area contributed by atoms with E-state index in [9.17, 15) is 9.59 Å². The fourth-order valence-corrected chi connectivity index (χ4v) is 4.37. The number of fused-ring (bicyclic) bond motifs is 1. The number of hydrogen-bond acceptors (Lipinski definition) is 6. The second-order valence-corrected chi connectivity index (χ2v) is 10.9. The molecule has 1 saturated heterocycles. The van der Waals surface area contributed by atoms with E-state index in [1.807, 2.05) is 53.5 Å². The van der Waals surface area contributed by atoms with Crippen LogP contribution >= 0.6 is 0 Å². The number of carbonyl (C=O) groups is 2. The molecule has 8 heteroatoms. The van der Waals surface area contributed by atoms with E-state index in [-0.39, 0.29) is 18.2 Å². The summed E-state index contributed by atoms with van der Waals surface area (Å²) in [5.41, 5.74) is 2.61. The molecule has 0 aliphatic carbocycles. The molecule has 1 aromatic carbocycles. The Morgan fingerprint density at radius 2 is 1.58 bits per heavy atom. The van der Waals surface area contributed by atoms with Crippen LogP contribution in [0.4, 0.5) is 15.3 Å². The minimum Gasteiger partial charge on any atom is -0.444 e. The van der Waals surface area contributed by atoms with E-state index in [1.165, 1.54) is 11.3 Å². The maximum absolute atomic E-state index is 12.9. The molecule has 8 nitrogen and oxygen atoms in total. The van der Waals surface area contributed by atoms with Crippen LogP contribution in [-0.2, 0) is 22.4 Å². The number of carbonyl (C=O) groups excluding carboxylic acids is 2. The second kappa shape index (κ2) is 9.79. The van der Waals surface area contributed by atoms with Gasteiger partial charge >= 0.3 is 12.2 Å². The lowest BCUT2D eigenvalue weighted by Gasteiger charge is -2.41. The third kappa shape index (κ3) is 6.53. The molecule has 1 fully saturated rings. The molecule has 1 unspecified atom stereocenters. The van der Waals surface area contributed by atoms with Gasteiger partial charge in [0, 0.05) is 45.0 Å². The van der Waals surface area contributed by atoms with E-state index >= 15 is 0 Å². The van der Waals surface area contributed by atoms with Gasteiger partial charge in [-0.1, -0.05) is 12.1 Å². The maximum atomic E-state index is 12.9. The van der Waals surface area contributed by atoms with Crippen LogP contribution in [0.2, 0.25) is 0 Å². The number of hydrogen-bond donors (Lipinski definition) is 1. The predicted molar refractivity (Wildman–Crippen MR) is 130 cm³/mol. The molecular weight excluding hydrogens is 420 g/mol. The van der Waals surface area contributed by atoms with Gasteiger partial charge in [-0.05, 0) is 72.2 Å². The zero-order chi connectivity index (χ0) is 24.4. The summed E-state index contributed by atoms with van der Waals surface area (Å²) in [6, 6.07) is 6.33.